The number of rotatable bonds is 2. The molecule has 3 rings (SSSR count). The number of fused-ring (bicyclic) bond motifs is 1. The molecule has 3 heterocycles. The highest BCUT2D eigenvalue weighted by Gasteiger charge is 2.20. The first-order valence-corrected chi connectivity index (χ1v) is 6.02. The number of hydrogen-bond donors (Lipinski definition) is 1. The standard InChI is InChI=1S/C11H12ClN5O/c12-9-3-8(6-18)4-13-11(9)16-1-2-17-7-14-15-10(17)5-16/h3-4,7,18H,1-2,5-6H2. The van der Waals surface area contributed by atoms with Gasteiger partial charge in [-0.25, -0.2) is 4.98 Å². The summed E-state index contributed by atoms with van der Waals surface area (Å²) in [5.41, 5.74) is 0.712. The Hall–Kier alpha value is -1.66. The van der Waals surface area contributed by atoms with Crippen molar-refractivity contribution in [2.24, 2.45) is 0 Å². The quantitative estimate of drug-likeness (QED) is 0.872. The second kappa shape index (κ2) is 4.55. The molecule has 18 heavy (non-hydrogen) atoms. The van der Waals surface area contributed by atoms with Crippen molar-refractivity contribution in [3.63, 3.8) is 0 Å². The van der Waals surface area contributed by atoms with E-state index in [1.54, 1.807) is 18.6 Å². The highest BCUT2D eigenvalue weighted by atomic mass is 35.5. The van der Waals surface area contributed by atoms with Crippen molar-refractivity contribution in [3.05, 3.63) is 35.0 Å². The highest BCUT2D eigenvalue weighted by Crippen LogP contribution is 2.26. The molecule has 2 aromatic rings. The first kappa shape index (κ1) is 11.4. The third kappa shape index (κ3) is 1.93. The normalized spacial score (nSPS) is 14.7. The van der Waals surface area contributed by atoms with Gasteiger partial charge in [0.1, 0.15) is 12.1 Å². The van der Waals surface area contributed by atoms with E-state index in [4.69, 9.17) is 16.7 Å². The van der Waals surface area contributed by atoms with Crippen LogP contribution in [-0.2, 0) is 19.7 Å². The minimum absolute atomic E-state index is 0.0542. The number of halogens is 1. The van der Waals surface area contributed by atoms with Gasteiger partial charge >= 0.3 is 0 Å². The summed E-state index contributed by atoms with van der Waals surface area (Å²) in [7, 11) is 0. The van der Waals surface area contributed by atoms with E-state index < -0.39 is 0 Å². The molecule has 0 bridgehead atoms. The largest absolute Gasteiger partial charge is 0.392 e. The van der Waals surface area contributed by atoms with E-state index in [2.05, 4.69) is 20.1 Å². The van der Waals surface area contributed by atoms with Crippen molar-refractivity contribution in [2.45, 2.75) is 19.7 Å². The van der Waals surface area contributed by atoms with Crippen molar-refractivity contribution in [2.75, 3.05) is 11.4 Å². The van der Waals surface area contributed by atoms with Gasteiger partial charge in [0, 0.05) is 19.3 Å². The maximum atomic E-state index is 9.03. The minimum Gasteiger partial charge on any atom is -0.392 e. The summed E-state index contributed by atoms with van der Waals surface area (Å²) >= 11 is 6.18. The summed E-state index contributed by atoms with van der Waals surface area (Å²) < 4.78 is 2.02. The lowest BCUT2D eigenvalue weighted by Gasteiger charge is -2.28. The molecular formula is C11H12ClN5O. The Labute approximate surface area is 109 Å². The number of anilines is 1. The average molecular weight is 266 g/mol. The van der Waals surface area contributed by atoms with E-state index in [1.807, 2.05) is 4.57 Å². The lowest BCUT2D eigenvalue weighted by molar-refractivity contribution is 0.281. The van der Waals surface area contributed by atoms with E-state index in [1.165, 1.54) is 0 Å². The molecule has 0 saturated carbocycles. The smallest absolute Gasteiger partial charge is 0.152 e. The predicted molar refractivity (Wildman–Crippen MR) is 66.2 cm³/mol. The molecule has 0 aliphatic carbocycles. The molecule has 1 N–H and O–H groups in total. The molecule has 6 nitrogen and oxygen atoms in total. The maximum Gasteiger partial charge on any atom is 0.152 e. The Kier molecular flexibility index (Phi) is 2.89. The summed E-state index contributed by atoms with van der Waals surface area (Å²) in [6, 6.07) is 1.74. The summed E-state index contributed by atoms with van der Waals surface area (Å²) in [6.07, 6.45) is 3.37. The Morgan fingerprint density at radius 3 is 3.06 bits per heavy atom. The zero-order chi connectivity index (χ0) is 12.5. The van der Waals surface area contributed by atoms with E-state index >= 15 is 0 Å². The first-order chi connectivity index (χ1) is 8.78. The van der Waals surface area contributed by atoms with E-state index in [0.717, 1.165) is 24.7 Å². The fraction of sp³-hybridized carbons (Fsp3) is 0.364. The van der Waals surface area contributed by atoms with Crippen LogP contribution >= 0.6 is 11.6 Å². The molecule has 0 spiro atoms. The summed E-state index contributed by atoms with van der Waals surface area (Å²) in [4.78, 5) is 6.37. The SMILES string of the molecule is OCc1cnc(N2CCn3cnnc3C2)c(Cl)c1. The molecule has 1 aliphatic rings. The number of nitrogens with zero attached hydrogens (tertiary/aromatic N) is 5. The molecule has 2 aromatic heterocycles. The van der Waals surface area contributed by atoms with Gasteiger partial charge in [-0.05, 0) is 11.6 Å². The Morgan fingerprint density at radius 2 is 2.28 bits per heavy atom. The van der Waals surface area contributed by atoms with Crippen LogP contribution in [0.15, 0.2) is 18.6 Å². The van der Waals surface area contributed by atoms with Crippen molar-refractivity contribution in [3.8, 4) is 0 Å². The Bertz CT molecular complexity index is 570. The zero-order valence-corrected chi connectivity index (χ0v) is 10.4. The molecule has 0 saturated heterocycles. The van der Waals surface area contributed by atoms with Crippen LogP contribution in [-0.4, -0.2) is 31.4 Å². The van der Waals surface area contributed by atoms with Crippen molar-refractivity contribution in [1.82, 2.24) is 19.7 Å². The van der Waals surface area contributed by atoms with Gasteiger partial charge in [0.05, 0.1) is 18.2 Å². The van der Waals surface area contributed by atoms with Gasteiger partial charge in [0.2, 0.25) is 0 Å². The number of aliphatic hydroxyl groups is 1. The lowest BCUT2D eigenvalue weighted by atomic mass is 10.2. The molecule has 0 unspecified atom stereocenters. The fourth-order valence-electron chi connectivity index (χ4n) is 2.04. The lowest BCUT2D eigenvalue weighted by Crippen LogP contribution is -2.34. The van der Waals surface area contributed by atoms with Crippen molar-refractivity contribution < 1.29 is 5.11 Å². The van der Waals surface area contributed by atoms with Gasteiger partial charge < -0.3 is 14.6 Å². The van der Waals surface area contributed by atoms with Crippen molar-refractivity contribution >= 4 is 17.4 Å². The number of hydrogen-bond acceptors (Lipinski definition) is 5. The topological polar surface area (TPSA) is 67.1 Å². The zero-order valence-electron chi connectivity index (χ0n) is 9.62. The third-order valence-electron chi connectivity index (χ3n) is 3.00. The third-order valence-corrected chi connectivity index (χ3v) is 3.28. The van der Waals surface area contributed by atoms with Gasteiger partial charge in [-0.15, -0.1) is 10.2 Å². The molecule has 0 fully saturated rings. The average Bonchev–Trinajstić information content (AvgIpc) is 2.85. The van der Waals surface area contributed by atoms with Gasteiger partial charge in [0.25, 0.3) is 0 Å². The van der Waals surface area contributed by atoms with Crippen LogP contribution in [0.4, 0.5) is 5.82 Å². The maximum absolute atomic E-state index is 9.03. The predicted octanol–water partition coefficient (Wildman–Crippen LogP) is 0.839. The first-order valence-electron chi connectivity index (χ1n) is 5.65. The van der Waals surface area contributed by atoms with E-state index in [-0.39, 0.29) is 6.61 Å². The molecule has 94 valence electrons. The van der Waals surface area contributed by atoms with Crippen molar-refractivity contribution in [1.29, 1.82) is 0 Å². The van der Waals surface area contributed by atoms with Crippen LogP contribution in [0.2, 0.25) is 5.02 Å². The highest BCUT2D eigenvalue weighted by molar-refractivity contribution is 6.33. The van der Waals surface area contributed by atoms with Crippen LogP contribution < -0.4 is 4.90 Å². The molecule has 1 aliphatic heterocycles. The van der Waals surface area contributed by atoms with Crippen LogP contribution in [0.5, 0.6) is 0 Å². The molecule has 0 radical (unpaired) electrons. The molecule has 7 heteroatoms. The van der Waals surface area contributed by atoms with Gasteiger partial charge in [0.15, 0.2) is 5.82 Å². The second-order valence-electron chi connectivity index (χ2n) is 4.17. The van der Waals surface area contributed by atoms with Crippen LogP contribution in [0, 0.1) is 0 Å². The number of aliphatic hydroxyl groups excluding tert-OH is 1. The summed E-state index contributed by atoms with van der Waals surface area (Å²) in [5.74, 6) is 1.63. The summed E-state index contributed by atoms with van der Waals surface area (Å²) in [6.45, 7) is 2.23. The van der Waals surface area contributed by atoms with Gasteiger partial charge in [-0.1, -0.05) is 11.6 Å². The van der Waals surface area contributed by atoms with Crippen LogP contribution in [0.3, 0.4) is 0 Å². The van der Waals surface area contributed by atoms with Gasteiger partial charge in [-0.2, -0.15) is 0 Å². The molecule has 0 aromatic carbocycles. The Morgan fingerprint density at radius 1 is 1.39 bits per heavy atom. The van der Waals surface area contributed by atoms with Gasteiger partial charge in [-0.3, -0.25) is 0 Å². The van der Waals surface area contributed by atoms with Crippen LogP contribution in [0.25, 0.3) is 0 Å². The fourth-order valence-corrected chi connectivity index (χ4v) is 2.35. The number of aromatic nitrogens is 4. The second-order valence-corrected chi connectivity index (χ2v) is 4.58. The molecular weight excluding hydrogens is 254 g/mol. The molecule has 0 atom stereocenters. The minimum atomic E-state index is -0.0542. The van der Waals surface area contributed by atoms with E-state index in [9.17, 15) is 0 Å². The van der Waals surface area contributed by atoms with E-state index in [0.29, 0.717) is 17.1 Å². The number of pyridine rings is 1. The summed E-state index contributed by atoms with van der Waals surface area (Å²) in [5, 5.41) is 17.5. The Balaban J connectivity index is 1.88. The molecule has 0 amide bonds. The monoisotopic (exact) mass is 265 g/mol. The van der Waals surface area contributed by atoms with Crippen LogP contribution in [0.1, 0.15) is 11.4 Å².